The molecular weight excluding hydrogens is 202 g/mol. The van der Waals surface area contributed by atoms with Crippen LogP contribution in [-0.4, -0.2) is 26.8 Å². The molecular formula is C11H15N5. The topological polar surface area (TPSA) is 55.6 Å². The number of aryl methyl sites for hydroxylation is 1. The monoisotopic (exact) mass is 217 g/mol. The zero-order chi connectivity index (χ0) is 11.4. The highest BCUT2D eigenvalue weighted by molar-refractivity contribution is 5.51. The van der Waals surface area contributed by atoms with Crippen LogP contribution in [0.5, 0.6) is 0 Å². The molecule has 0 aliphatic rings. The maximum absolute atomic E-state index is 4.30. The van der Waals surface area contributed by atoms with E-state index in [1.807, 2.05) is 25.4 Å². The van der Waals surface area contributed by atoms with Gasteiger partial charge in [0.25, 0.3) is 0 Å². The van der Waals surface area contributed by atoms with E-state index in [1.165, 1.54) is 0 Å². The predicted molar refractivity (Wildman–Crippen MR) is 63.1 cm³/mol. The lowest BCUT2D eigenvalue weighted by Crippen LogP contribution is -2.01. The summed E-state index contributed by atoms with van der Waals surface area (Å²) in [5, 5.41) is 11.1. The number of anilines is 1. The lowest BCUT2D eigenvalue weighted by atomic mass is 10.3. The largest absolute Gasteiger partial charge is 0.372 e. The van der Waals surface area contributed by atoms with Crippen LogP contribution in [0.4, 0.5) is 5.82 Å². The molecule has 0 aromatic carbocycles. The molecule has 0 amide bonds. The highest BCUT2D eigenvalue weighted by atomic mass is 15.2. The van der Waals surface area contributed by atoms with Crippen molar-refractivity contribution in [3.63, 3.8) is 0 Å². The first-order chi connectivity index (χ1) is 7.85. The Morgan fingerprint density at radius 2 is 2.19 bits per heavy atom. The van der Waals surface area contributed by atoms with E-state index < -0.39 is 0 Å². The minimum atomic E-state index is 0.761. The van der Waals surface area contributed by atoms with Crippen LogP contribution in [0, 0.1) is 0 Å². The molecule has 0 radical (unpaired) electrons. The second kappa shape index (κ2) is 4.74. The Morgan fingerprint density at radius 1 is 1.31 bits per heavy atom. The lowest BCUT2D eigenvalue weighted by molar-refractivity contribution is 0.683. The summed E-state index contributed by atoms with van der Waals surface area (Å²) in [4.78, 5) is 4.30. The van der Waals surface area contributed by atoms with E-state index in [0.717, 1.165) is 30.3 Å². The molecule has 2 aromatic heterocycles. The van der Waals surface area contributed by atoms with Crippen molar-refractivity contribution in [2.24, 2.45) is 0 Å². The van der Waals surface area contributed by atoms with E-state index >= 15 is 0 Å². The first-order valence-electron chi connectivity index (χ1n) is 5.38. The average molecular weight is 217 g/mol. The molecule has 2 rings (SSSR count). The fourth-order valence-corrected chi connectivity index (χ4v) is 1.55. The fraction of sp³-hybridized carbons (Fsp3) is 0.364. The van der Waals surface area contributed by atoms with Crippen LogP contribution >= 0.6 is 0 Å². The van der Waals surface area contributed by atoms with Gasteiger partial charge in [0.1, 0.15) is 11.5 Å². The summed E-state index contributed by atoms with van der Waals surface area (Å²) >= 11 is 0. The minimum absolute atomic E-state index is 0.761. The van der Waals surface area contributed by atoms with Gasteiger partial charge in [-0.05, 0) is 18.6 Å². The van der Waals surface area contributed by atoms with Crippen LogP contribution < -0.4 is 5.32 Å². The van der Waals surface area contributed by atoms with Crippen molar-refractivity contribution in [3.05, 3.63) is 24.5 Å². The van der Waals surface area contributed by atoms with Crippen LogP contribution in [0.1, 0.15) is 13.3 Å². The Morgan fingerprint density at radius 3 is 2.81 bits per heavy atom. The summed E-state index contributed by atoms with van der Waals surface area (Å²) in [7, 11) is 1.82. The normalized spacial score (nSPS) is 10.4. The summed E-state index contributed by atoms with van der Waals surface area (Å²) in [6.45, 7) is 3.09. The van der Waals surface area contributed by atoms with Gasteiger partial charge >= 0.3 is 0 Å². The molecule has 0 spiro atoms. The van der Waals surface area contributed by atoms with Crippen molar-refractivity contribution in [3.8, 4) is 11.5 Å². The van der Waals surface area contributed by atoms with Gasteiger partial charge < -0.3 is 9.88 Å². The van der Waals surface area contributed by atoms with Gasteiger partial charge in [0, 0.05) is 26.0 Å². The molecule has 1 N–H and O–H groups in total. The third-order valence-electron chi connectivity index (χ3n) is 2.33. The van der Waals surface area contributed by atoms with Crippen molar-refractivity contribution in [2.45, 2.75) is 19.9 Å². The standard InChI is InChI=1S/C11H15N5/c1-3-7-16-8-6-13-11(16)9-4-5-10(12-2)15-14-9/h4-6,8H,3,7H2,1-2H3,(H,12,15). The van der Waals surface area contributed by atoms with Gasteiger partial charge in [-0.3, -0.25) is 0 Å². The SMILES string of the molecule is CCCn1ccnc1-c1ccc(NC)nn1. The highest BCUT2D eigenvalue weighted by Gasteiger charge is 2.06. The molecule has 84 valence electrons. The molecule has 0 unspecified atom stereocenters. The first kappa shape index (κ1) is 10.6. The second-order valence-corrected chi connectivity index (χ2v) is 3.50. The Balaban J connectivity index is 2.31. The third-order valence-corrected chi connectivity index (χ3v) is 2.33. The second-order valence-electron chi connectivity index (χ2n) is 3.50. The quantitative estimate of drug-likeness (QED) is 0.848. The van der Waals surface area contributed by atoms with Gasteiger partial charge in [-0.25, -0.2) is 4.98 Å². The molecule has 0 fully saturated rings. The molecule has 16 heavy (non-hydrogen) atoms. The zero-order valence-electron chi connectivity index (χ0n) is 9.51. The molecule has 0 bridgehead atoms. The predicted octanol–water partition coefficient (Wildman–Crippen LogP) is 1.79. The Bertz CT molecular complexity index is 446. The number of rotatable bonds is 4. The summed E-state index contributed by atoms with van der Waals surface area (Å²) in [6, 6.07) is 3.82. The molecule has 0 aliphatic heterocycles. The van der Waals surface area contributed by atoms with Crippen LogP contribution in [0.25, 0.3) is 11.5 Å². The van der Waals surface area contributed by atoms with E-state index in [4.69, 9.17) is 0 Å². The average Bonchev–Trinajstić information content (AvgIpc) is 2.78. The maximum Gasteiger partial charge on any atom is 0.160 e. The van der Waals surface area contributed by atoms with E-state index in [1.54, 1.807) is 6.20 Å². The smallest absolute Gasteiger partial charge is 0.160 e. The van der Waals surface area contributed by atoms with Crippen molar-refractivity contribution >= 4 is 5.82 Å². The molecule has 5 heteroatoms. The van der Waals surface area contributed by atoms with E-state index in [-0.39, 0.29) is 0 Å². The van der Waals surface area contributed by atoms with Crippen LogP contribution in [0.15, 0.2) is 24.5 Å². The van der Waals surface area contributed by atoms with Gasteiger partial charge in [0.15, 0.2) is 5.82 Å². The van der Waals surface area contributed by atoms with E-state index in [9.17, 15) is 0 Å². The highest BCUT2D eigenvalue weighted by Crippen LogP contribution is 2.15. The number of imidazole rings is 1. The first-order valence-corrected chi connectivity index (χ1v) is 5.38. The summed E-state index contributed by atoms with van der Waals surface area (Å²) in [5.74, 6) is 1.63. The number of hydrogen-bond acceptors (Lipinski definition) is 4. The number of nitrogens with one attached hydrogen (secondary N) is 1. The molecule has 0 saturated carbocycles. The third kappa shape index (κ3) is 2.03. The van der Waals surface area contributed by atoms with Crippen molar-refractivity contribution in [2.75, 3.05) is 12.4 Å². The lowest BCUT2D eigenvalue weighted by Gasteiger charge is -2.05. The van der Waals surface area contributed by atoms with Gasteiger partial charge in [-0.2, -0.15) is 0 Å². The van der Waals surface area contributed by atoms with E-state index in [0.29, 0.717) is 0 Å². The van der Waals surface area contributed by atoms with Gasteiger partial charge in [-0.15, -0.1) is 10.2 Å². The molecule has 2 aromatic rings. The summed E-state index contributed by atoms with van der Waals surface area (Å²) in [6.07, 6.45) is 4.83. The molecule has 5 nitrogen and oxygen atoms in total. The van der Waals surface area contributed by atoms with Crippen LogP contribution in [-0.2, 0) is 6.54 Å². The van der Waals surface area contributed by atoms with Gasteiger partial charge in [0.05, 0.1) is 0 Å². The molecule has 2 heterocycles. The minimum Gasteiger partial charge on any atom is -0.372 e. The Labute approximate surface area is 94.5 Å². The Kier molecular flexibility index (Phi) is 3.14. The maximum atomic E-state index is 4.30. The van der Waals surface area contributed by atoms with Crippen molar-refractivity contribution in [1.29, 1.82) is 0 Å². The summed E-state index contributed by atoms with van der Waals surface area (Å²) < 4.78 is 2.09. The zero-order valence-corrected chi connectivity index (χ0v) is 9.51. The number of aromatic nitrogens is 4. The molecule has 0 saturated heterocycles. The van der Waals surface area contributed by atoms with Gasteiger partial charge in [-0.1, -0.05) is 6.92 Å². The molecule has 0 aliphatic carbocycles. The van der Waals surface area contributed by atoms with Gasteiger partial charge in [0.2, 0.25) is 0 Å². The Hall–Kier alpha value is -1.91. The van der Waals surface area contributed by atoms with Crippen molar-refractivity contribution < 1.29 is 0 Å². The van der Waals surface area contributed by atoms with Crippen LogP contribution in [0.3, 0.4) is 0 Å². The number of nitrogens with zero attached hydrogens (tertiary/aromatic N) is 4. The molecule has 0 atom stereocenters. The van der Waals surface area contributed by atoms with Crippen molar-refractivity contribution in [1.82, 2.24) is 19.7 Å². The fourth-order valence-electron chi connectivity index (χ4n) is 1.55. The number of hydrogen-bond donors (Lipinski definition) is 1. The summed E-state index contributed by atoms with van der Waals surface area (Å²) in [5.41, 5.74) is 0.803. The van der Waals surface area contributed by atoms with Crippen LogP contribution in [0.2, 0.25) is 0 Å². The van der Waals surface area contributed by atoms with E-state index in [2.05, 4.69) is 32.0 Å².